The van der Waals surface area contributed by atoms with Gasteiger partial charge in [0.2, 0.25) is 0 Å². The molecule has 1 aliphatic rings. The topological polar surface area (TPSA) is 97.4 Å². The van der Waals surface area contributed by atoms with Crippen molar-refractivity contribution < 1.29 is 40.0 Å². The fourth-order valence-corrected chi connectivity index (χ4v) is 5.94. The van der Waals surface area contributed by atoms with Crippen LogP contribution in [0.1, 0.15) is 37.8 Å². The minimum atomic E-state index is -4.74. The lowest BCUT2D eigenvalue weighted by Gasteiger charge is -2.28. The van der Waals surface area contributed by atoms with Crippen molar-refractivity contribution in [3.63, 3.8) is 0 Å². The molecule has 1 N–H and O–H groups in total. The molecular formula is C31H36F3N3O6S. The third kappa shape index (κ3) is 8.14. The van der Waals surface area contributed by atoms with E-state index >= 15 is 0 Å². The lowest BCUT2D eigenvalue weighted by molar-refractivity contribution is -0.137. The molecule has 44 heavy (non-hydrogen) atoms. The molecule has 0 spiro atoms. The van der Waals surface area contributed by atoms with Crippen LogP contribution in [0.5, 0.6) is 11.5 Å². The zero-order valence-electron chi connectivity index (χ0n) is 24.8. The monoisotopic (exact) mass is 635 g/mol. The summed E-state index contributed by atoms with van der Waals surface area (Å²) < 4.78 is 83.4. The van der Waals surface area contributed by atoms with Crippen LogP contribution in [0.4, 0.5) is 29.3 Å². The maximum absolute atomic E-state index is 13.6. The quantitative estimate of drug-likeness (QED) is 0.226. The smallest absolute Gasteiger partial charge is 0.416 e. The molecule has 0 unspecified atom stereocenters. The Bertz CT molecular complexity index is 1540. The average Bonchev–Trinajstić information content (AvgIpc) is 3.51. The van der Waals surface area contributed by atoms with Gasteiger partial charge < -0.3 is 28.8 Å². The van der Waals surface area contributed by atoms with Crippen LogP contribution in [-0.2, 0) is 27.6 Å². The van der Waals surface area contributed by atoms with Gasteiger partial charge >= 0.3 is 22.3 Å². The number of nitrogens with zero attached hydrogens (tertiary/aromatic N) is 2. The van der Waals surface area contributed by atoms with Gasteiger partial charge in [-0.2, -0.15) is 21.6 Å². The van der Waals surface area contributed by atoms with Crippen molar-refractivity contribution in [1.29, 1.82) is 0 Å². The first kappa shape index (κ1) is 32.9. The van der Waals surface area contributed by atoms with Gasteiger partial charge in [-0.15, -0.1) is 0 Å². The lowest BCUT2D eigenvalue weighted by Crippen LogP contribution is -2.39. The number of halogens is 3. The first-order valence-corrected chi connectivity index (χ1v) is 15.7. The molecule has 1 heterocycles. The summed E-state index contributed by atoms with van der Waals surface area (Å²) in [5.74, 6) is 0.354. The summed E-state index contributed by atoms with van der Waals surface area (Å²) in [6, 6.07) is 14.8. The van der Waals surface area contributed by atoms with E-state index in [0.717, 1.165) is 31.0 Å². The number of urea groups is 1. The van der Waals surface area contributed by atoms with E-state index in [1.807, 2.05) is 18.7 Å². The molecular weight excluding hydrogens is 599 g/mol. The molecule has 2 amide bonds. The highest BCUT2D eigenvalue weighted by molar-refractivity contribution is 7.87. The minimum absolute atomic E-state index is 0.0766. The first-order valence-electron chi connectivity index (χ1n) is 14.2. The van der Waals surface area contributed by atoms with Gasteiger partial charge in [-0.05, 0) is 63.1 Å². The normalized spacial score (nSPS) is 15.1. The SMILES string of the molecule is CCN(CC)c1ccc(CN(C[C@@H]2CCCO2)C(=O)Nc2ccccc2OC)c(OS(=O)(=O)c2cccc(C(F)(F)F)c2)c1. The fourth-order valence-electron chi connectivity index (χ4n) is 4.93. The van der Waals surface area contributed by atoms with Crippen molar-refractivity contribution in [3.8, 4) is 11.5 Å². The number of hydrogen-bond donors (Lipinski definition) is 1. The molecule has 4 rings (SSSR count). The number of amides is 2. The fraction of sp³-hybridized carbons (Fsp3) is 0.387. The van der Waals surface area contributed by atoms with Crippen molar-refractivity contribution in [2.24, 2.45) is 0 Å². The Hall–Kier alpha value is -3.97. The van der Waals surface area contributed by atoms with Crippen molar-refractivity contribution >= 4 is 27.5 Å². The van der Waals surface area contributed by atoms with Gasteiger partial charge in [0.25, 0.3) is 0 Å². The number of benzene rings is 3. The standard InChI is InChI=1S/C31H36F3N3O6S/c1-4-36(5-2)24-16-15-22(29(19-24)43-44(39,40)26-12-8-10-23(18-26)31(32,33)34)20-37(21-25-11-9-17-42-25)30(38)35-27-13-6-7-14-28(27)41-3/h6-8,10,12-16,18-19,25H,4-5,9,11,17,20-21H2,1-3H3,(H,35,38)/t25-/m0/s1. The average molecular weight is 636 g/mol. The lowest BCUT2D eigenvalue weighted by atomic mass is 10.1. The Morgan fingerprint density at radius 2 is 1.77 bits per heavy atom. The maximum Gasteiger partial charge on any atom is 0.416 e. The van der Waals surface area contributed by atoms with Gasteiger partial charge in [-0.1, -0.05) is 24.3 Å². The minimum Gasteiger partial charge on any atom is -0.495 e. The molecule has 3 aromatic carbocycles. The number of methoxy groups -OCH3 is 1. The number of nitrogens with one attached hydrogen (secondary N) is 1. The Morgan fingerprint density at radius 3 is 2.43 bits per heavy atom. The van der Waals surface area contributed by atoms with Gasteiger partial charge in [0.1, 0.15) is 16.4 Å². The predicted molar refractivity (Wildman–Crippen MR) is 161 cm³/mol. The van der Waals surface area contributed by atoms with Gasteiger partial charge in [-0.3, -0.25) is 0 Å². The number of para-hydroxylation sites is 2. The molecule has 1 fully saturated rings. The summed E-state index contributed by atoms with van der Waals surface area (Å²) in [6.45, 7) is 5.79. The largest absolute Gasteiger partial charge is 0.495 e. The number of anilines is 2. The van der Waals surface area contributed by atoms with Crippen molar-refractivity contribution in [2.45, 2.75) is 50.4 Å². The Morgan fingerprint density at radius 1 is 1.02 bits per heavy atom. The van der Waals surface area contributed by atoms with E-state index in [0.29, 0.717) is 48.5 Å². The number of ether oxygens (including phenoxy) is 2. The first-order chi connectivity index (χ1) is 20.9. The summed E-state index contributed by atoms with van der Waals surface area (Å²) in [5, 5.41) is 2.85. The predicted octanol–water partition coefficient (Wildman–Crippen LogP) is 6.54. The number of hydrogen-bond acceptors (Lipinski definition) is 7. The molecule has 3 aromatic rings. The zero-order chi connectivity index (χ0) is 31.9. The molecule has 0 bridgehead atoms. The summed E-state index contributed by atoms with van der Waals surface area (Å²) >= 11 is 0. The molecule has 1 saturated heterocycles. The number of rotatable bonds is 12. The molecule has 0 aliphatic carbocycles. The molecule has 238 valence electrons. The van der Waals surface area contributed by atoms with Gasteiger partial charge in [0.15, 0.2) is 0 Å². The summed E-state index contributed by atoms with van der Waals surface area (Å²) in [5.41, 5.74) is 0.314. The van der Waals surface area contributed by atoms with Crippen LogP contribution in [0, 0.1) is 0 Å². The molecule has 9 nitrogen and oxygen atoms in total. The molecule has 13 heteroatoms. The molecule has 0 radical (unpaired) electrons. The molecule has 0 aromatic heterocycles. The number of carbonyl (C=O) groups excluding carboxylic acids is 1. The maximum atomic E-state index is 13.6. The number of alkyl halides is 3. The van der Waals surface area contributed by atoms with Crippen molar-refractivity contribution in [2.75, 3.05) is 43.6 Å². The van der Waals surface area contributed by atoms with Crippen LogP contribution in [0.25, 0.3) is 0 Å². The summed E-state index contributed by atoms with van der Waals surface area (Å²) in [7, 11) is -3.20. The van der Waals surface area contributed by atoms with Gasteiger partial charge in [-0.25, -0.2) is 4.79 Å². The van der Waals surface area contributed by atoms with E-state index in [4.69, 9.17) is 13.7 Å². The van der Waals surface area contributed by atoms with Crippen LogP contribution >= 0.6 is 0 Å². The van der Waals surface area contributed by atoms with Crippen molar-refractivity contribution in [3.05, 3.63) is 77.9 Å². The van der Waals surface area contributed by atoms with E-state index in [9.17, 15) is 26.4 Å². The van der Waals surface area contributed by atoms with Crippen molar-refractivity contribution in [1.82, 2.24) is 4.90 Å². The second-order valence-electron chi connectivity index (χ2n) is 10.2. The molecule has 1 atom stereocenters. The highest BCUT2D eigenvalue weighted by Crippen LogP contribution is 2.34. The second-order valence-corrected chi connectivity index (χ2v) is 11.7. The van der Waals surface area contributed by atoms with Gasteiger partial charge in [0.05, 0.1) is 31.0 Å². The van der Waals surface area contributed by atoms with E-state index in [1.54, 1.807) is 36.4 Å². The van der Waals surface area contributed by atoms with E-state index in [-0.39, 0.29) is 24.9 Å². The van der Waals surface area contributed by atoms with E-state index in [2.05, 4.69) is 5.32 Å². The van der Waals surface area contributed by atoms with Crippen LogP contribution in [0.2, 0.25) is 0 Å². The summed E-state index contributed by atoms with van der Waals surface area (Å²) in [4.78, 5) is 16.4. The summed E-state index contributed by atoms with van der Waals surface area (Å²) in [6.07, 6.45) is -3.38. The Kier molecular flexibility index (Phi) is 10.6. The van der Waals surface area contributed by atoms with Crippen LogP contribution in [-0.4, -0.2) is 58.8 Å². The second kappa shape index (κ2) is 14.2. The molecule has 0 saturated carbocycles. The number of carbonyl (C=O) groups is 1. The van der Waals surface area contributed by atoms with Crippen LogP contribution in [0.15, 0.2) is 71.6 Å². The molecule has 1 aliphatic heterocycles. The zero-order valence-corrected chi connectivity index (χ0v) is 25.6. The highest BCUT2D eigenvalue weighted by atomic mass is 32.2. The highest BCUT2D eigenvalue weighted by Gasteiger charge is 2.32. The van der Waals surface area contributed by atoms with E-state index in [1.165, 1.54) is 18.1 Å². The third-order valence-electron chi connectivity index (χ3n) is 7.27. The Labute approximate surface area is 255 Å². The van der Waals surface area contributed by atoms with Gasteiger partial charge in [0, 0.05) is 43.6 Å². The van der Waals surface area contributed by atoms with Crippen LogP contribution in [0.3, 0.4) is 0 Å². The van der Waals surface area contributed by atoms with Crippen LogP contribution < -0.4 is 19.1 Å². The van der Waals surface area contributed by atoms with E-state index < -0.39 is 32.8 Å². The third-order valence-corrected chi connectivity index (χ3v) is 8.50. The Balaban J connectivity index is 1.71.